The Kier molecular flexibility index (Phi) is 8.01. The number of aromatic amines is 1. The van der Waals surface area contributed by atoms with Crippen LogP contribution < -0.4 is 5.32 Å². The zero-order chi connectivity index (χ0) is 27.6. The molecule has 0 unspecified atom stereocenters. The normalized spacial score (nSPS) is 16.5. The van der Waals surface area contributed by atoms with Gasteiger partial charge in [0.25, 0.3) is 0 Å². The number of aromatic nitrogens is 2. The number of alkyl carbamates (subject to hydrolysis) is 1. The van der Waals surface area contributed by atoms with E-state index in [0.717, 1.165) is 29.7 Å². The number of alkyl halides is 3. The van der Waals surface area contributed by atoms with Crippen LogP contribution in [0.3, 0.4) is 0 Å². The van der Waals surface area contributed by atoms with Crippen molar-refractivity contribution in [3.8, 4) is 22.4 Å². The molecule has 7 nitrogen and oxygen atoms in total. The summed E-state index contributed by atoms with van der Waals surface area (Å²) in [5.74, 6) is 0.174. The lowest BCUT2D eigenvalue weighted by Crippen LogP contribution is -2.51. The molecule has 202 valence electrons. The molecular formula is C27H28ClF3N4O3. The van der Waals surface area contributed by atoms with E-state index < -0.39 is 23.9 Å². The smallest absolute Gasteiger partial charge is 0.416 e. The zero-order valence-corrected chi connectivity index (χ0v) is 21.9. The topological polar surface area (TPSA) is 87.3 Å². The van der Waals surface area contributed by atoms with E-state index in [-0.39, 0.29) is 17.9 Å². The minimum absolute atomic E-state index is 0.151. The van der Waals surface area contributed by atoms with E-state index in [1.807, 2.05) is 13.8 Å². The Hall–Kier alpha value is -3.53. The van der Waals surface area contributed by atoms with Gasteiger partial charge in [-0.15, -0.1) is 0 Å². The molecule has 1 fully saturated rings. The highest BCUT2D eigenvalue weighted by molar-refractivity contribution is 6.31. The maximum Gasteiger partial charge on any atom is 0.416 e. The van der Waals surface area contributed by atoms with Crippen LogP contribution in [0.1, 0.15) is 44.1 Å². The van der Waals surface area contributed by atoms with Crippen LogP contribution in [0.5, 0.6) is 0 Å². The van der Waals surface area contributed by atoms with Crippen molar-refractivity contribution in [2.75, 3.05) is 13.7 Å². The lowest BCUT2D eigenvalue weighted by atomic mass is 10.0. The molecule has 1 aliphatic heterocycles. The van der Waals surface area contributed by atoms with Gasteiger partial charge in [-0.2, -0.15) is 13.2 Å². The van der Waals surface area contributed by atoms with E-state index in [9.17, 15) is 22.8 Å². The SMILES string of the molecule is COC(=O)N[C@H](C(=O)N1CCC[C@@H]1c1nc(-c2ccc(-c3ccc(C(F)(F)F)cc3)cc2)c(Cl)[nH]1)C(C)C. The van der Waals surface area contributed by atoms with Gasteiger partial charge < -0.3 is 19.9 Å². The largest absolute Gasteiger partial charge is 0.453 e. The van der Waals surface area contributed by atoms with Crippen molar-refractivity contribution < 1.29 is 27.5 Å². The molecule has 2 aromatic carbocycles. The fourth-order valence-electron chi connectivity index (χ4n) is 4.58. The second-order valence-electron chi connectivity index (χ2n) is 9.48. The minimum atomic E-state index is -4.39. The summed E-state index contributed by atoms with van der Waals surface area (Å²) in [5.41, 5.74) is 1.93. The molecule has 2 amide bonds. The number of ether oxygens (including phenoxy) is 1. The van der Waals surface area contributed by atoms with Gasteiger partial charge in [-0.25, -0.2) is 9.78 Å². The van der Waals surface area contributed by atoms with Gasteiger partial charge >= 0.3 is 12.3 Å². The van der Waals surface area contributed by atoms with Crippen LogP contribution >= 0.6 is 11.6 Å². The Morgan fingerprint density at radius 3 is 2.21 bits per heavy atom. The van der Waals surface area contributed by atoms with Gasteiger partial charge in [0.05, 0.1) is 18.7 Å². The molecular weight excluding hydrogens is 521 g/mol. The van der Waals surface area contributed by atoms with E-state index in [2.05, 4.69) is 15.0 Å². The molecule has 11 heteroatoms. The predicted molar refractivity (Wildman–Crippen MR) is 137 cm³/mol. The van der Waals surface area contributed by atoms with Crippen molar-refractivity contribution in [2.45, 2.75) is 44.9 Å². The summed E-state index contributed by atoms with van der Waals surface area (Å²) >= 11 is 6.50. The first-order chi connectivity index (χ1) is 18.0. The number of hydrogen-bond acceptors (Lipinski definition) is 4. The number of imidazole rings is 1. The third-order valence-corrected chi connectivity index (χ3v) is 6.90. The molecule has 0 radical (unpaired) electrons. The van der Waals surface area contributed by atoms with Crippen LogP contribution in [-0.2, 0) is 15.7 Å². The fourth-order valence-corrected chi connectivity index (χ4v) is 4.83. The van der Waals surface area contributed by atoms with Crippen molar-refractivity contribution in [2.24, 2.45) is 5.92 Å². The van der Waals surface area contributed by atoms with Gasteiger partial charge in [-0.05, 0) is 42.0 Å². The average molecular weight is 549 g/mol. The number of nitrogens with one attached hydrogen (secondary N) is 2. The maximum atomic E-state index is 13.4. The molecule has 2 heterocycles. The summed E-state index contributed by atoms with van der Waals surface area (Å²) in [7, 11) is 1.25. The van der Waals surface area contributed by atoms with Gasteiger partial charge in [-0.1, -0.05) is 61.8 Å². The van der Waals surface area contributed by atoms with Gasteiger partial charge in [0.15, 0.2) is 0 Å². The lowest BCUT2D eigenvalue weighted by molar-refractivity contribution is -0.137. The monoisotopic (exact) mass is 548 g/mol. The van der Waals surface area contributed by atoms with E-state index in [1.165, 1.54) is 19.2 Å². The molecule has 1 aromatic heterocycles. The van der Waals surface area contributed by atoms with Crippen molar-refractivity contribution in [3.63, 3.8) is 0 Å². The van der Waals surface area contributed by atoms with Crippen molar-refractivity contribution in [1.82, 2.24) is 20.2 Å². The molecule has 3 aromatic rings. The summed E-state index contributed by atoms with van der Waals surface area (Å²) in [4.78, 5) is 34.6. The highest BCUT2D eigenvalue weighted by atomic mass is 35.5. The fraction of sp³-hybridized carbons (Fsp3) is 0.370. The summed E-state index contributed by atoms with van der Waals surface area (Å²) in [6, 6.07) is 11.1. The van der Waals surface area contributed by atoms with E-state index in [4.69, 9.17) is 16.6 Å². The third kappa shape index (κ3) is 5.80. The molecule has 0 saturated carbocycles. The van der Waals surface area contributed by atoms with Crippen LogP contribution in [0, 0.1) is 5.92 Å². The summed E-state index contributed by atoms with van der Waals surface area (Å²) in [6.45, 7) is 4.21. The number of nitrogens with zero attached hydrogens (tertiary/aromatic N) is 2. The van der Waals surface area contributed by atoms with Crippen LogP contribution in [0.25, 0.3) is 22.4 Å². The lowest BCUT2D eigenvalue weighted by Gasteiger charge is -2.29. The standard InChI is InChI=1S/C27H28ClF3N4O3/c1-15(2)21(33-26(37)38-3)25(36)35-14-4-5-20(35)24-32-22(23(28)34-24)18-8-6-16(7-9-18)17-10-12-19(13-11-17)27(29,30)31/h6-13,15,20-21H,4-5,14H2,1-3H3,(H,32,34)(H,33,37)/t20-,21+/m1/s1. The van der Waals surface area contributed by atoms with Crippen LogP contribution in [0.2, 0.25) is 5.15 Å². The minimum Gasteiger partial charge on any atom is -0.453 e. The number of carbonyl (C=O) groups is 2. The Morgan fingerprint density at radius 1 is 1.08 bits per heavy atom. The van der Waals surface area contributed by atoms with E-state index >= 15 is 0 Å². The first-order valence-electron chi connectivity index (χ1n) is 12.2. The van der Waals surface area contributed by atoms with E-state index in [1.54, 1.807) is 29.2 Å². The number of rotatable bonds is 6. The maximum absolute atomic E-state index is 13.4. The first kappa shape index (κ1) is 27.5. The molecule has 0 spiro atoms. The van der Waals surface area contributed by atoms with Crippen LogP contribution in [-0.4, -0.2) is 46.6 Å². The van der Waals surface area contributed by atoms with Crippen molar-refractivity contribution in [1.29, 1.82) is 0 Å². The molecule has 0 bridgehead atoms. The Bertz CT molecular complexity index is 1290. The van der Waals surface area contributed by atoms with Crippen LogP contribution in [0.4, 0.5) is 18.0 Å². The number of benzene rings is 2. The van der Waals surface area contributed by atoms with Gasteiger partial charge in [0.1, 0.15) is 22.7 Å². The Balaban J connectivity index is 1.54. The summed E-state index contributed by atoms with van der Waals surface area (Å²) in [5, 5.41) is 2.94. The molecule has 4 rings (SSSR count). The number of hydrogen-bond donors (Lipinski definition) is 2. The second kappa shape index (κ2) is 11.1. The van der Waals surface area contributed by atoms with Gasteiger partial charge in [0, 0.05) is 12.1 Å². The number of amides is 2. The van der Waals surface area contributed by atoms with Crippen molar-refractivity contribution >= 4 is 23.6 Å². The van der Waals surface area contributed by atoms with Crippen molar-refractivity contribution in [3.05, 3.63) is 65.1 Å². The number of carbonyl (C=O) groups excluding carboxylic acids is 2. The first-order valence-corrected chi connectivity index (χ1v) is 12.6. The quantitative estimate of drug-likeness (QED) is 0.370. The molecule has 1 saturated heterocycles. The molecule has 38 heavy (non-hydrogen) atoms. The second-order valence-corrected chi connectivity index (χ2v) is 9.86. The summed E-state index contributed by atoms with van der Waals surface area (Å²) < 4.78 is 43.2. The molecule has 2 atom stereocenters. The highest BCUT2D eigenvalue weighted by Gasteiger charge is 2.38. The Morgan fingerprint density at radius 2 is 1.66 bits per heavy atom. The summed E-state index contributed by atoms with van der Waals surface area (Å²) in [6.07, 6.45) is -3.60. The van der Waals surface area contributed by atoms with E-state index in [0.29, 0.717) is 35.2 Å². The predicted octanol–water partition coefficient (Wildman–Crippen LogP) is 6.46. The number of likely N-dealkylation sites (tertiary alicyclic amines) is 1. The molecule has 0 aliphatic carbocycles. The van der Waals surface area contributed by atoms with Gasteiger partial charge in [-0.3, -0.25) is 4.79 Å². The molecule has 1 aliphatic rings. The number of H-pyrrole nitrogens is 1. The van der Waals surface area contributed by atoms with Crippen LogP contribution in [0.15, 0.2) is 48.5 Å². The molecule has 2 N–H and O–H groups in total. The third-order valence-electron chi connectivity index (χ3n) is 6.62. The average Bonchev–Trinajstić information content (AvgIpc) is 3.53. The number of methoxy groups -OCH3 is 1. The van der Waals surface area contributed by atoms with Gasteiger partial charge in [0.2, 0.25) is 5.91 Å². The zero-order valence-electron chi connectivity index (χ0n) is 21.1. The Labute approximate surface area is 223 Å². The number of halogens is 4. The highest BCUT2D eigenvalue weighted by Crippen LogP contribution is 2.36.